The van der Waals surface area contributed by atoms with Crippen LogP contribution in [-0.4, -0.2) is 36.4 Å². The summed E-state index contributed by atoms with van der Waals surface area (Å²) < 4.78 is 43.2. The van der Waals surface area contributed by atoms with E-state index in [4.69, 9.17) is 4.74 Å². The normalized spacial score (nSPS) is 21.9. The van der Waals surface area contributed by atoms with E-state index in [-0.39, 0.29) is 11.3 Å². The summed E-state index contributed by atoms with van der Waals surface area (Å²) in [6.07, 6.45) is 0. The molecule has 1 aromatic rings. The summed E-state index contributed by atoms with van der Waals surface area (Å²) in [6, 6.07) is 5.16. The van der Waals surface area contributed by atoms with E-state index in [1.165, 1.54) is 39.1 Å². The van der Waals surface area contributed by atoms with E-state index in [2.05, 4.69) is 0 Å². The lowest BCUT2D eigenvalue weighted by Crippen LogP contribution is -2.33. The molecule has 0 bridgehead atoms. The van der Waals surface area contributed by atoms with Crippen LogP contribution in [0.3, 0.4) is 0 Å². The maximum Gasteiger partial charge on any atom is 0.251 e. The van der Waals surface area contributed by atoms with Gasteiger partial charge >= 0.3 is 0 Å². The van der Waals surface area contributed by atoms with Gasteiger partial charge < -0.3 is 9.84 Å². The van der Waals surface area contributed by atoms with Gasteiger partial charge in [0.1, 0.15) is 5.82 Å². The van der Waals surface area contributed by atoms with Gasteiger partial charge in [0, 0.05) is 12.6 Å². The quantitative estimate of drug-likeness (QED) is 0.908. The number of carbonyl (C=O) groups is 1. The lowest BCUT2D eigenvalue weighted by molar-refractivity contribution is -0.132. The van der Waals surface area contributed by atoms with Gasteiger partial charge in [0.2, 0.25) is 15.8 Å². The lowest BCUT2D eigenvalue weighted by atomic mass is 9.91. The molecule has 0 fully saturated rings. The monoisotopic (exact) mass is 329 g/mol. The van der Waals surface area contributed by atoms with Crippen LogP contribution >= 0.6 is 0 Å². The number of carbonyl (C=O) groups excluding carboxylic acids is 1. The minimum atomic E-state index is -3.71. The highest BCUT2D eigenvalue weighted by atomic mass is 32.2. The summed E-state index contributed by atoms with van der Waals surface area (Å²) in [5.74, 6) is -2.89. The highest BCUT2D eigenvalue weighted by molar-refractivity contribution is 7.89. The maximum absolute atomic E-state index is 13.4. The van der Waals surface area contributed by atoms with Crippen molar-refractivity contribution in [2.75, 3.05) is 12.8 Å². The fourth-order valence-electron chi connectivity index (χ4n) is 2.12. The zero-order valence-corrected chi connectivity index (χ0v) is 13.1. The minimum Gasteiger partial charge on any atom is -0.501 e. The van der Waals surface area contributed by atoms with E-state index in [1.54, 1.807) is 0 Å². The van der Waals surface area contributed by atoms with Gasteiger partial charge in [-0.05, 0) is 26.0 Å². The molecule has 1 N–H and O–H groups in total. The van der Waals surface area contributed by atoms with Crippen molar-refractivity contribution in [1.29, 1.82) is 0 Å². The molecule has 1 heterocycles. The molecular weight excluding hydrogens is 313 g/mol. The molecule has 120 valence electrons. The molecule has 0 saturated heterocycles. The number of nitrogens with zero attached hydrogens (tertiary/aromatic N) is 1. The first-order valence-corrected chi connectivity index (χ1v) is 8.14. The Bertz CT molecular complexity index is 758. The van der Waals surface area contributed by atoms with Crippen molar-refractivity contribution in [2.45, 2.75) is 19.4 Å². The van der Waals surface area contributed by atoms with E-state index in [0.29, 0.717) is 4.31 Å². The number of aliphatic hydroxyl groups is 1. The molecule has 0 radical (unpaired) electrons. The fraction of sp³-hybridized carbons (Fsp3) is 0.357. The Morgan fingerprint density at radius 1 is 1.41 bits per heavy atom. The molecule has 0 amide bonds. The fourth-order valence-corrected chi connectivity index (χ4v) is 2.88. The van der Waals surface area contributed by atoms with Gasteiger partial charge in [-0.1, -0.05) is 12.1 Å². The number of hydrogen-bond donors (Lipinski definition) is 1. The molecular formula is C14H16FNO5S. The van der Waals surface area contributed by atoms with E-state index >= 15 is 0 Å². The summed E-state index contributed by atoms with van der Waals surface area (Å²) in [5, 5.41) is 9.96. The van der Waals surface area contributed by atoms with E-state index in [0.717, 1.165) is 6.07 Å². The van der Waals surface area contributed by atoms with Gasteiger partial charge in [-0.3, -0.25) is 4.79 Å². The van der Waals surface area contributed by atoms with Crippen LogP contribution in [0.1, 0.15) is 19.4 Å². The number of halogens is 1. The maximum atomic E-state index is 13.4. The van der Waals surface area contributed by atoms with Crippen LogP contribution in [0.5, 0.6) is 0 Å². The number of ketones is 1. The third-order valence-electron chi connectivity index (χ3n) is 3.60. The van der Waals surface area contributed by atoms with Gasteiger partial charge in [0.25, 0.3) is 11.7 Å². The highest BCUT2D eigenvalue weighted by Gasteiger charge is 2.50. The molecule has 1 aliphatic heterocycles. The van der Waals surface area contributed by atoms with Crippen LogP contribution in [0.4, 0.5) is 4.39 Å². The average Bonchev–Trinajstić information content (AvgIpc) is 2.72. The van der Waals surface area contributed by atoms with Crippen LogP contribution in [0.15, 0.2) is 35.9 Å². The Labute approximate surface area is 127 Å². The molecule has 1 aliphatic rings. The Balaban J connectivity index is 2.46. The van der Waals surface area contributed by atoms with Gasteiger partial charge in [-0.25, -0.2) is 17.1 Å². The van der Waals surface area contributed by atoms with Crippen molar-refractivity contribution in [2.24, 2.45) is 0 Å². The number of ether oxygens (including phenoxy) is 1. The standard InChI is InChI=1S/C14H16FNO5S/c1-4-22(19,20)16(3)13-11(17)12(18)14(2,21-13)9-6-5-7-10(15)8-9/h5-8,17H,4H2,1-3H3. The zero-order valence-electron chi connectivity index (χ0n) is 12.3. The van der Waals surface area contributed by atoms with Crippen LogP contribution in [0, 0.1) is 5.82 Å². The Morgan fingerprint density at radius 2 is 2.05 bits per heavy atom. The second-order valence-electron chi connectivity index (χ2n) is 5.00. The SMILES string of the molecule is CCS(=O)(=O)N(C)C1=C(O)C(=O)C(C)(c2cccc(F)c2)O1. The summed E-state index contributed by atoms with van der Waals surface area (Å²) in [7, 11) is -2.54. The molecule has 2 rings (SSSR count). The molecule has 0 spiro atoms. The molecule has 8 heteroatoms. The van der Waals surface area contributed by atoms with E-state index < -0.39 is 38.9 Å². The first-order valence-electron chi connectivity index (χ1n) is 6.53. The minimum absolute atomic E-state index is 0.182. The largest absolute Gasteiger partial charge is 0.501 e. The Hall–Kier alpha value is -2.09. The van der Waals surface area contributed by atoms with Crippen molar-refractivity contribution in [3.8, 4) is 0 Å². The van der Waals surface area contributed by atoms with Crippen LogP contribution in [-0.2, 0) is 25.2 Å². The highest BCUT2D eigenvalue weighted by Crippen LogP contribution is 2.39. The van der Waals surface area contributed by atoms with Crippen molar-refractivity contribution >= 4 is 15.8 Å². The molecule has 0 aromatic heterocycles. The second kappa shape index (κ2) is 5.28. The molecule has 0 aliphatic carbocycles. The first-order chi connectivity index (χ1) is 10.1. The number of hydrogen-bond acceptors (Lipinski definition) is 5. The lowest BCUT2D eigenvalue weighted by Gasteiger charge is -2.26. The van der Waals surface area contributed by atoms with Crippen molar-refractivity contribution < 1.29 is 27.4 Å². The van der Waals surface area contributed by atoms with Gasteiger partial charge in [-0.15, -0.1) is 0 Å². The number of Topliss-reactive ketones (excluding diaryl/α,β-unsaturated/α-hetero) is 1. The predicted octanol–water partition coefficient (Wildman–Crippen LogP) is 1.65. The van der Waals surface area contributed by atoms with E-state index in [1.807, 2.05) is 0 Å². The first kappa shape index (κ1) is 16.3. The molecule has 6 nitrogen and oxygen atoms in total. The third-order valence-corrected chi connectivity index (χ3v) is 5.33. The molecule has 1 atom stereocenters. The van der Waals surface area contributed by atoms with E-state index in [9.17, 15) is 22.7 Å². The molecule has 1 unspecified atom stereocenters. The number of sulfonamides is 1. The summed E-state index contributed by atoms with van der Waals surface area (Å²) in [6.45, 7) is 2.77. The van der Waals surface area contributed by atoms with Gasteiger partial charge in [0.05, 0.1) is 5.75 Å². The van der Waals surface area contributed by atoms with Gasteiger partial charge in [-0.2, -0.15) is 0 Å². The summed E-state index contributed by atoms with van der Waals surface area (Å²) in [5.41, 5.74) is -1.50. The van der Waals surface area contributed by atoms with Crippen molar-refractivity contribution in [1.82, 2.24) is 4.31 Å². The topological polar surface area (TPSA) is 83.9 Å². The number of aliphatic hydroxyl groups excluding tert-OH is 1. The molecule has 1 aromatic carbocycles. The van der Waals surface area contributed by atoms with Crippen LogP contribution in [0.2, 0.25) is 0 Å². The Kier molecular flexibility index (Phi) is 3.90. The zero-order chi connectivity index (χ0) is 16.7. The van der Waals surface area contributed by atoms with Gasteiger partial charge in [0.15, 0.2) is 5.60 Å². The molecule has 22 heavy (non-hydrogen) atoms. The van der Waals surface area contributed by atoms with Crippen LogP contribution < -0.4 is 0 Å². The summed E-state index contributed by atoms with van der Waals surface area (Å²) >= 11 is 0. The van der Waals surface area contributed by atoms with Crippen LogP contribution in [0.25, 0.3) is 0 Å². The smallest absolute Gasteiger partial charge is 0.251 e. The summed E-state index contributed by atoms with van der Waals surface area (Å²) in [4.78, 5) is 12.3. The predicted molar refractivity (Wildman–Crippen MR) is 76.7 cm³/mol. The Morgan fingerprint density at radius 3 is 2.59 bits per heavy atom. The molecule has 0 saturated carbocycles. The number of benzene rings is 1. The third kappa shape index (κ3) is 2.43. The van der Waals surface area contributed by atoms with Crippen molar-refractivity contribution in [3.05, 3.63) is 47.3 Å². The van der Waals surface area contributed by atoms with Crippen molar-refractivity contribution in [3.63, 3.8) is 0 Å². The second-order valence-corrected chi connectivity index (χ2v) is 7.29. The number of rotatable bonds is 4. The average molecular weight is 329 g/mol.